The molecule has 3 aromatic rings. The third kappa shape index (κ3) is 4.66. The lowest BCUT2D eigenvalue weighted by Crippen LogP contribution is -2.20. The maximum Gasteiger partial charge on any atom is 0.270 e. The van der Waals surface area contributed by atoms with Gasteiger partial charge >= 0.3 is 0 Å². The van der Waals surface area contributed by atoms with Crippen LogP contribution in [0.15, 0.2) is 60.7 Å². The van der Waals surface area contributed by atoms with Gasteiger partial charge in [-0.3, -0.25) is 14.9 Å². The lowest BCUT2D eigenvalue weighted by atomic mass is 10.0. The summed E-state index contributed by atoms with van der Waals surface area (Å²) in [5.41, 5.74) is 4.55. The third-order valence-electron chi connectivity index (χ3n) is 5.32. The fraction of sp³-hybridized carbons (Fsp3) is 0.208. The number of nitrogens with zero attached hydrogens (tertiary/aromatic N) is 1. The summed E-state index contributed by atoms with van der Waals surface area (Å²) in [5.74, 6) is 0.766. The zero-order chi connectivity index (χ0) is 21.8. The maximum atomic E-state index is 12.4. The summed E-state index contributed by atoms with van der Waals surface area (Å²) in [4.78, 5) is 23.2. The van der Waals surface area contributed by atoms with Crippen LogP contribution in [0.2, 0.25) is 0 Å². The van der Waals surface area contributed by atoms with Gasteiger partial charge in [-0.15, -0.1) is 0 Å². The molecule has 1 N–H and O–H groups in total. The normalized spacial score (nSPS) is 12.2. The van der Waals surface area contributed by atoms with E-state index in [0.717, 1.165) is 30.5 Å². The van der Waals surface area contributed by atoms with E-state index in [9.17, 15) is 14.9 Å². The number of fused-ring (bicyclic) bond motifs is 1. The molecule has 1 aliphatic carbocycles. The van der Waals surface area contributed by atoms with Crippen molar-refractivity contribution in [3.8, 4) is 22.6 Å². The average molecular weight is 418 g/mol. The highest BCUT2D eigenvalue weighted by Crippen LogP contribution is 2.34. The van der Waals surface area contributed by atoms with Crippen molar-refractivity contribution in [3.05, 3.63) is 81.9 Å². The Bertz CT molecular complexity index is 1130. The minimum Gasteiger partial charge on any atom is -0.497 e. The van der Waals surface area contributed by atoms with Crippen molar-refractivity contribution in [2.75, 3.05) is 19.0 Å². The molecule has 3 aromatic carbocycles. The van der Waals surface area contributed by atoms with Crippen molar-refractivity contribution in [2.24, 2.45) is 0 Å². The van der Waals surface area contributed by atoms with Gasteiger partial charge in [-0.25, -0.2) is 0 Å². The van der Waals surface area contributed by atoms with Gasteiger partial charge in [0.15, 0.2) is 6.61 Å². The number of benzene rings is 3. The summed E-state index contributed by atoms with van der Waals surface area (Å²) in [6.07, 6.45) is 3.26. The average Bonchev–Trinajstić information content (AvgIpc) is 3.25. The van der Waals surface area contributed by atoms with Gasteiger partial charge in [0.2, 0.25) is 0 Å². The van der Waals surface area contributed by atoms with E-state index in [1.54, 1.807) is 31.4 Å². The molecule has 1 aliphatic rings. The molecule has 0 heterocycles. The first-order valence-electron chi connectivity index (χ1n) is 10.0. The summed E-state index contributed by atoms with van der Waals surface area (Å²) in [5, 5.41) is 14.1. The molecule has 0 bridgehead atoms. The van der Waals surface area contributed by atoms with E-state index in [0.29, 0.717) is 17.1 Å². The van der Waals surface area contributed by atoms with Crippen molar-refractivity contribution < 1.29 is 19.2 Å². The highest BCUT2D eigenvalue weighted by Gasteiger charge is 2.16. The van der Waals surface area contributed by atoms with E-state index in [1.165, 1.54) is 29.3 Å². The van der Waals surface area contributed by atoms with Crippen molar-refractivity contribution in [2.45, 2.75) is 19.3 Å². The monoisotopic (exact) mass is 418 g/mol. The van der Waals surface area contributed by atoms with Gasteiger partial charge in [0.1, 0.15) is 11.5 Å². The van der Waals surface area contributed by atoms with E-state index in [2.05, 4.69) is 11.4 Å². The van der Waals surface area contributed by atoms with E-state index in [4.69, 9.17) is 9.47 Å². The molecule has 158 valence electrons. The number of methoxy groups -OCH3 is 1. The number of non-ortho nitro benzene ring substituents is 1. The summed E-state index contributed by atoms with van der Waals surface area (Å²) in [6, 6.07) is 17.4. The number of anilines is 1. The molecule has 0 aromatic heterocycles. The number of nitrogens with one attached hydrogen (secondary N) is 1. The molecular formula is C24H22N2O5. The number of rotatable bonds is 7. The Morgan fingerprint density at radius 3 is 2.55 bits per heavy atom. The molecule has 0 unspecified atom stereocenters. The molecule has 7 nitrogen and oxygen atoms in total. The van der Waals surface area contributed by atoms with E-state index in [1.807, 2.05) is 12.1 Å². The van der Waals surface area contributed by atoms with Crippen LogP contribution in [0.5, 0.6) is 11.5 Å². The lowest BCUT2D eigenvalue weighted by molar-refractivity contribution is -0.384. The number of aryl methyl sites for hydroxylation is 2. The van der Waals surface area contributed by atoms with Crippen molar-refractivity contribution in [1.82, 2.24) is 0 Å². The Labute approximate surface area is 179 Å². The van der Waals surface area contributed by atoms with Crippen LogP contribution in [-0.2, 0) is 17.6 Å². The van der Waals surface area contributed by atoms with Gasteiger partial charge in [-0.05, 0) is 66.3 Å². The number of hydrogen-bond donors (Lipinski definition) is 1. The molecule has 7 heteroatoms. The fourth-order valence-electron chi connectivity index (χ4n) is 3.74. The standard InChI is InChI=1S/C24H22N2O5/c1-30-21-10-6-17(7-11-21)22-14-20(26(28)29)9-12-23(22)31-15-24(27)25-19-8-5-16-3-2-4-18(16)13-19/h5-14H,2-4,15H2,1H3,(H,25,27). The molecule has 0 saturated heterocycles. The second-order valence-corrected chi connectivity index (χ2v) is 7.34. The minimum absolute atomic E-state index is 0.0549. The van der Waals surface area contributed by atoms with Crippen molar-refractivity contribution in [1.29, 1.82) is 0 Å². The molecule has 4 rings (SSSR count). The van der Waals surface area contributed by atoms with Crippen molar-refractivity contribution >= 4 is 17.3 Å². The van der Waals surface area contributed by atoms with Crippen LogP contribution in [0.1, 0.15) is 17.5 Å². The quantitative estimate of drug-likeness (QED) is 0.441. The Hall–Kier alpha value is -3.87. The number of carbonyl (C=O) groups excluding carboxylic acids is 1. The Balaban J connectivity index is 1.50. The third-order valence-corrected chi connectivity index (χ3v) is 5.32. The number of nitro groups is 1. The summed E-state index contributed by atoms with van der Waals surface area (Å²) >= 11 is 0. The Kier molecular flexibility index (Phi) is 5.84. The van der Waals surface area contributed by atoms with Crippen LogP contribution in [0.4, 0.5) is 11.4 Å². The predicted octanol–water partition coefficient (Wildman–Crippen LogP) is 4.78. The largest absolute Gasteiger partial charge is 0.497 e. The molecule has 1 amide bonds. The van der Waals surface area contributed by atoms with Crippen LogP contribution in [0.3, 0.4) is 0 Å². The van der Waals surface area contributed by atoms with Gasteiger partial charge in [-0.1, -0.05) is 18.2 Å². The van der Waals surface area contributed by atoms with Gasteiger partial charge in [0.25, 0.3) is 11.6 Å². The Morgan fingerprint density at radius 1 is 1.03 bits per heavy atom. The van der Waals surface area contributed by atoms with Crippen LogP contribution < -0.4 is 14.8 Å². The van der Waals surface area contributed by atoms with Gasteiger partial charge < -0.3 is 14.8 Å². The van der Waals surface area contributed by atoms with E-state index < -0.39 is 4.92 Å². The number of ether oxygens (including phenoxy) is 2. The summed E-state index contributed by atoms with van der Waals surface area (Å²) < 4.78 is 10.9. The van der Waals surface area contributed by atoms with Crippen LogP contribution in [0.25, 0.3) is 11.1 Å². The highest BCUT2D eigenvalue weighted by atomic mass is 16.6. The molecule has 31 heavy (non-hydrogen) atoms. The number of amides is 1. The number of nitro benzene ring substituents is 1. The SMILES string of the molecule is COc1ccc(-c2cc([N+](=O)[O-])ccc2OCC(=O)Nc2ccc3c(c2)CCC3)cc1. The van der Waals surface area contributed by atoms with Gasteiger partial charge in [0, 0.05) is 23.4 Å². The molecule has 0 spiro atoms. The number of carbonyl (C=O) groups is 1. The molecule has 0 atom stereocenters. The molecule has 0 saturated carbocycles. The smallest absolute Gasteiger partial charge is 0.270 e. The predicted molar refractivity (Wildman–Crippen MR) is 118 cm³/mol. The summed E-state index contributed by atoms with van der Waals surface area (Å²) in [6.45, 7) is -0.210. The topological polar surface area (TPSA) is 90.7 Å². The first-order chi connectivity index (χ1) is 15.0. The lowest BCUT2D eigenvalue weighted by Gasteiger charge is -2.13. The fourth-order valence-corrected chi connectivity index (χ4v) is 3.74. The zero-order valence-electron chi connectivity index (χ0n) is 17.1. The van der Waals surface area contributed by atoms with Crippen LogP contribution >= 0.6 is 0 Å². The number of hydrogen-bond acceptors (Lipinski definition) is 5. The van der Waals surface area contributed by atoms with Gasteiger partial charge in [-0.2, -0.15) is 0 Å². The molecular weight excluding hydrogens is 396 g/mol. The molecule has 0 aliphatic heterocycles. The summed E-state index contributed by atoms with van der Waals surface area (Å²) in [7, 11) is 1.57. The zero-order valence-corrected chi connectivity index (χ0v) is 17.1. The second-order valence-electron chi connectivity index (χ2n) is 7.34. The van der Waals surface area contributed by atoms with Crippen LogP contribution in [-0.4, -0.2) is 24.5 Å². The first-order valence-corrected chi connectivity index (χ1v) is 10.0. The highest BCUT2D eigenvalue weighted by molar-refractivity contribution is 5.92. The van der Waals surface area contributed by atoms with Gasteiger partial charge in [0.05, 0.1) is 12.0 Å². The Morgan fingerprint density at radius 2 is 1.81 bits per heavy atom. The first kappa shape index (κ1) is 20.4. The van der Waals surface area contributed by atoms with Crippen LogP contribution in [0, 0.1) is 10.1 Å². The van der Waals surface area contributed by atoms with Crippen molar-refractivity contribution in [3.63, 3.8) is 0 Å². The minimum atomic E-state index is -0.461. The maximum absolute atomic E-state index is 12.4. The van der Waals surface area contributed by atoms with E-state index >= 15 is 0 Å². The second kappa shape index (κ2) is 8.87. The molecule has 0 fully saturated rings. The van der Waals surface area contributed by atoms with E-state index in [-0.39, 0.29) is 18.2 Å². The molecule has 0 radical (unpaired) electrons.